The molecule has 22 heavy (non-hydrogen) atoms. The Balaban J connectivity index is 2.66. The van der Waals surface area contributed by atoms with E-state index in [9.17, 15) is 19.5 Å². The number of aliphatic carboxylic acids is 2. The van der Waals surface area contributed by atoms with E-state index in [0.717, 1.165) is 5.56 Å². The summed E-state index contributed by atoms with van der Waals surface area (Å²) < 4.78 is 0. The second kappa shape index (κ2) is 8.78. The Kier molecular flexibility index (Phi) is 7.04. The van der Waals surface area contributed by atoms with Crippen molar-refractivity contribution in [3.63, 3.8) is 0 Å². The number of rotatable bonds is 9. The average Bonchev–Trinajstić information content (AvgIpc) is 2.47. The van der Waals surface area contributed by atoms with Gasteiger partial charge in [0.2, 0.25) is 5.91 Å². The van der Waals surface area contributed by atoms with Crippen LogP contribution >= 0.6 is 0 Å². The lowest BCUT2D eigenvalue weighted by atomic mass is 10.0. The fourth-order valence-electron chi connectivity index (χ4n) is 2.00. The van der Waals surface area contributed by atoms with E-state index in [4.69, 9.17) is 5.11 Å². The van der Waals surface area contributed by atoms with Crippen LogP contribution in [0.2, 0.25) is 0 Å². The third-order valence-electron chi connectivity index (χ3n) is 3.21. The van der Waals surface area contributed by atoms with Crippen molar-refractivity contribution in [1.29, 1.82) is 0 Å². The quantitative estimate of drug-likeness (QED) is 0.520. The van der Waals surface area contributed by atoms with Gasteiger partial charge in [-0.25, -0.2) is 4.79 Å². The second-order valence-corrected chi connectivity index (χ2v) is 4.86. The van der Waals surface area contributed by atoms with Gasteiger partial charge in [-0.3, -0.25) is 9.59 Å². The normalized spacial score (nSPS) is 13.1. The summed E-state index contributed by atoms with van der Waals surface area (Å²) in [7, 11) is 1.53. The van der Waals surface area contributed by atoms with Crippen molar-refractivity contribution in [2.75, 3.05) is 7.05 Å². The minimum absolute atomic E-state index is 0.0926. The van der Waals surface area contributed by atoms with Gasteiger partial charge < -0.3 is 20.8 Å². The van der Waals surface area contributed by atoms with Crippen LogP contribution in [0.4, 0.5) is 0 Å². The highest BCUT2D eigenvalue weighted by molar-refractivity contribution is 5.87. The molecule has 0 heterocycles. The number of carboxylic acid groups (broad SMARTS) is 2. The van der Waals surface area contributed by atoms with Gasteiger partial charge in [0.05, 0.1) is 6.04 Å². The van der Waals surface area contributed by atoms with Crippen LogP contribution in [0.3, 0.4) is 0 Å². The van der Waals surface area contributed by atoms with E-state index < -0.39 is 29.9 Å². The number of hydrogen-bond donors (Lipinski definition) is 4. The van der Waals surface area contributed by atoms with Gasteiger partial charge in [-0.1, -0.05) is 30.3 Å². The van der Waals surface area contributed by atoms with E-state index >= 15 is 0 Å². The lowest BCUT2D eigenvalue weighted by Gasteiger charge is -2.19. The van der Waals surface area contributed by atoms with Crippen molar-refractivity contribution in [2.24, 2.45) is 0 Å². The third kappa shape index (κ3) is 5.92. The van der Waals surface area contributed by atoms with Gasteiger partial charge in [-0.2, -0.15) is 0 Å². The predicted octanol–water partition coefficient (Wildman–Crippen LogP) is 0.251. The molecule has 1 rings (SSSR count). The number of carboxylic acids is 2. The monoisotopic (exact) mass is 308 g/mol. The lowest BCUT2D eigenvalue weighted by molar-refractivity contribution is -0.142. The summed E-state index contributed by atoms with van der Waals surface area (Å²) in [4.78, 5) is 33.9. The molecular weight excluding hydrogens is 288 g/mol. The molecule has 0 fully saturated rings. The van der Waals surface area contributed by atoms with Gasteiger partial charge >= 0.3 is 11.9 Å². The van der Waals surface area contributed by atoms with E-state index in [2.05, 4.69) is 10.6 Å². The highest BCUT2D eigenvalue weighted by Gasteiger charge is 2.25. The molecule has 0 aliphatic carbocycles. The molecule has 0 aliphatic heterocycles. The fourth-order valence-corrected chi connectivity index (χ4v) is 2.00. The molecule has 0 aliphatic rings. The smallest absolute Gasteiger partial charge is 0.326 e. The number of likely N-dealkylation sites (N-methyl/N-ethyl adjacent to an activating group) is 1. The van der Waals surface area contributed by atoms with Crippen LogP contribution in [0.15, 0.2) is 30.3 Å². The molecule has 0 bridgehead atoms. The van der Waals surface area contributed by atoms with E-state index in [-0.39, 0.29) is 19.3 Å². The van der Waals surface area contributed by atoms with Crippen molar-refractivity contribution < 1.29 is 24.6 Å². The van der Waals surface area contributed by atoms with Crippen LogP contribution in [0.1, 0.15) is 18.4 Å². The number of nitrogens with one attached hydrogen (secondary N) is 2. The minimum Gasteiger partial charge on any atom is -0.481 e. The van der Waals surface area contributed by atoms with E-state index in [1.807, 2.05) is 6.07 Å². The van der Waals surface area contributed by atoms with Crippen molar-refractivity contribution in [1.82, 2.24) is 10.6 Å². The molecule has 1 amide bonds. The van der Waals surface area contributed by atoms with Crippen molar-refractivity contribution in [3.8, 4) is 0 Å². The zero-order valence-corrected chi connectivity index (χ0v) is 12.3. The van der Waals surface area contributed by atoms with Crippen molar-refractivity contribution in [2.45, 2.75) is 31.3 Å². The SMILES string of the molecule is CNC(CCC(=O)O)C(=O)NC(Cc1ccccc1)C(=O)O. The third-order valence-corrected chi connectivity index (χ3v) is 3.21. The highest BCUT2D eigenvalue weighted by atomic mass is 16.4. The number of benzene rings is 1. The molecule has 7 heteroatoms. The standard InChI is InChI=1S/C15H20N2O5/c1-16-11(7-8-13(18)19)14(20)17-12(15(21)22)9-10-5-3-2-4-6-10/h2-6,11-12,16H,7-9H2,1H3,(H,17,20)(H,18,19)(H,21,22). The molecule has 2 unspecified atom stereocenters. The molecule has 0 saturated carbocycles. The van der Waals surface area contributed by atoms with Gasteiger partial charge in [0.25, 0.3) is 0 Å². The molecule has 4 N–H and O–H groups in total. The predicted molar refractivity (Wildman–Crippen MR) is 79.4 cm³/mol. The molecule has 7 nitrogen and oxygen atoms in total. The Morgan fingerprint density at radius 3 is 2.23 bits per heavy atom. The first-order valence-corrected chi connectivity index (χ1v) is 6.90. The average molecular weight is 308 g/mol. The van der Waals surface area contributed by atoms with Gasteiger partial charge in [0, 0.05) is 12.8 Å². The fraction of sp³-hybridized carbons (Fsp3) is 0.400. The van der Waals surface area contributed by atoms with E-state index in [1.54, 1.807) is 24.3 Å². The number of carbonyl (C=O) groups excluding carboxylic acids is 1. The first kappa shape index (κ1) is 17.6. The molecule has 1 aromatic rings. The largest absolute Gasteiger partial charge is 0.481 e. The Bertz CT molecular complexity index is 518. The van der Waals surface area contributed by atoms with Gasteiger partial charge in [-0.05, 0) is 19.0 Å². The van der Waals surface area contributed by atoms with Crippen LogP contribution in [0.5, 0.6) is 0 Å². The highest BCUT2D eigenvalue weighted by Crippen LogP contribution is 2.05. The summed E-state index contributed by atoms with van der Waals surface area (Å²) in [5.74, 6) is -2.66. The Labute approximate surface area is 128 Å². The minimum atomic E-state index is -1.13. The Hall–Kier alpha value is -2.41. The van der Waals surface area contributed by atoms with Gasteiger partial charge in [0.1, 0.15) is 6.04 Å². The van der Waals surface area contributed by atoms with Gasteiger partial charge in [-0.15, -0.1) is 0 Å². The second-order valence-electron chi connectivity index (χ2n) is 4.86. The van der Waals surface area contributed by atoms with Crippen molar-refractivity contribution >= 4 is 17.8 Å². The molecule has 0 saturated heterocycles. The zero-order valence-electron chi connectivity index (χ0n) is 12.3. The number of hydrogen-bond acceptors (Lipinski definition) is 4. The molecular formula is C15H20N2O5. The van der Waals surface area contributed by atoms with Crippen molar-refractivity contribution in [3.05, 3.63) is 35.9 Å². The van der Waals surface area contributed by atoms with Crippen LogP contribution < -0.4 is 10.6 Å². The number of carbonyl (C=O) groups is 3. The summed E-state index contributed by atoms with van der Waals surface area (Å²) in [6.07, 6.45) is 0.0853. The molecule has 0 aromatic heterocycles. The summed E-state index contributed by atoms with van der Waals surface area (Å²) in [6, 6.07) is 7.16. The Morgan fingerprint density at radius 1 is 1.09 bits per heavy atom. The molecule has 2 atom stereocenters. The molecule has 0 spiro atoms. The maximum Gasteiger partial charge on any atom is 0.326 e. The maximum absolute atomic E-state index is 12.1. The summed E-state index contributed by atoms with van der Waals surface area (Å²) in [6.45, 7) is 0. The summed E-state index contributed by atoms with van der Waals surface area (Å²) >= 11 is 0. The van der Waals surface area contributed by atoms with Crippen LogP contribution in [0.25, 0.3) is 0 Å². The van der Waals surface area contributed by atoms with Crippen LogP contribution in [-0.2, 0) is 20.8 Å². The lowest BCUT2D eigenvalue weighted by Crippen LogP contribution is -2.50. The van der Waals surface area contributed by atoms with E-state index in [0.29, 0.717) is 0 Å². The number of amides is 1. The first-order chi connectivity index (χ1) is 10.4. The van der Waals surface area contributed by atoms with E-state index in [1.165, 1.54) is 7.05 Å². The zero-order chi connectivity index (χ0) is 16.5. The molecule has 0 radical (unpaired) electrons. The first-order valence-electron chi connectivity index (χ1n) is 6.90. The van der Waals surface area contributed by atoms with Crippen LogP contribution in [-0.4, -0.2) is 47.2 Å². The molecule has 1 aromatic carbocycles. The van der Waals surface area contributed by atoms with Crippen LogP contribution in [0, 0.1) is 0 Å². The topological polar surface area (TPSA) is 116 Å². The Morgan fingerprint density at radius 2 is 1.73 bits per heavy atom. The maximum atomic E-state index is 12.1. The van der Waals surface area contributed by atoms with Gasteiger partial charge in [0.15, 0.2) is 0 Å². The summed E-state index contributed by atoms with van der Waals surface area (Å²) in [5, 5.41) is 23.0. The molecule has 120 valence electrons. The summed E-state index contributed by atoms with van der Waals surface area (Å²) in [5.41, 5.74) is 0.793.